The van der Waals surface area contributed by atoms with Crippen molar-refractivity contribution in [3.8, 4) is 5.75 Å². The highest BCUT2D eigenvalue weighted by molar-refractivity contribution is 6.30. The first-order valence-corrected chi connectivity index (χ1v) is 13.6. The van der Waals surface area contributed by atoms with Gasteiger partial charge >= 0.3 is 0 Å². The second-order valence-electron chi connectivity index (χ2n) is 10.4. The molecule has 4 aromatic carbocycles. The van der Waals surface area contributed by atoms with Crippen LogP contribution >= 0.6 is 11.6 Å². The fourth-order valence-electron chi connectivity index (χ4n) is 5.55. The van der Waals surface area contributed by atoms with Gasteiger partial charge in [0.05, 0.1) is 11.7 Å². The van der Waals surface area contributed by atoms with Crippen molar-refractivity contribution in [3.05, 3.63) is 135 Å². The van der Waals surface area contributed by atoms with Crippen LogP contribution in [0.1, 0.15) is 51.8 Å². The molecule has 4 aromatic rings. The first kappa shape index (κ1) is 24.5. The monoisotopic (exact) mass is 518 g/mol. The van der Waals surface area contributed by atoms with Crippen molar-refractivity contribution in [1.29, 1.82) is 0 Å². The highest BCUT2D eigenvalue weighted by atomic mass is 35.5. The van der Waals surface area contributed by atoms with E-state index in [-0.39, 0.29) is 6.04 Å². The third kappa shape index (κ3) is 5.12. The van der Waals surface area contributed by atoms with Crippen molar-refractivity contribution < 1.29 is 4.74 Å². The zero-order valence-electron chi connectivity index (χ0n) is 21.7. The number of hydrogen-bond acceptors (Lipinski definition) is 3. The summed E-state index contributed by atoms with van der Waals surface area (Å²) in [6, 6.07) is 29.6. The molecule has 4 heteroatoms. The summed E-state index contributed by atoms with van der Waals surface area (Å²) in [4.78, 5) is 4.75. The van der Waals surface area contributed by atoms with E-state index in [4.69, 9.17) is 21.3 Å². The molecule has 0 bridgehead atoms. The largest absolute Gasteiger partial charge is 0.488 e. The Labute approximate surface area is 229 Å². The molecule has 0 saturated heterocycles. The van der Waals surface area contributed by atoms with Crippen LogP contribution in [0.4, 0.5) is 11.4 Å². The molecule has 0 aromatic heterocycles. The SMILES string of the molecule is Cc1ccc(COc2ccc(Cl)cc2C=Nc2ccc([C@@H]3Nc4ccc(C)cc4[C@@H]4C=CC[C@@H]43)cc2)cc1. The summed E-state index contributed by atoms with van der Waals surface area (Å²) >= 11 is 6.30. The van der Waals surface area contributed by atoms with Gasteiger partial charge in [0.15, 0.2) is 0 Å². The van der Waals surface area contributed by atoms with E-state index in [1.165, 1.54) is 27.9 Å². The van der Waals surface area contributed by atoms with Gasteiger partial charge in [0, 0.05) is 28.4 Å². The minimum Gasteiger partial charge on any atom is -0.488 e. The van der Waals surface area contributed by atoms with Gasteiger partial charge < -0.3 is 10.1 Å². The van der Waals surface area contributed by atoms with Crippen LogP contribution in [0.15, 0.2) is 102 Å². The summed E-state index contributed by atoms with van der Waals surface area (Å²) < 4.78 is 6.12. The number of aliphatic imine (C=N–C) groups is 1. The average molecular weight is 519 g/mol. The lowest BCUT2D eigenvalue weighted by molar-refractivity contribution is 0.306. The number of rotatable bonds is 6. The zero-order valence-corrected chi connectivity index (χ0v) is 22.5. The van der Waals surface area contributed by atoms with Crippen LogP contribution < -0.4 is 10.1 Å². The van der Waals surface area contributed by atoms with Crippen LogP contribution in [-0.2, 0) is 6.61 Å². The lowest BCUT2D eigenvalue weighted by Crippen LogP contribution is -2.29. The Morgan fingerprint density at radius 2 is 1.71 bits per heavy atom. The predicted molar refractivity (Wildman–Crippen MR) is 158 cm³/mol. The minimum absolute atomic E-state index is 0.276. The predicted octanol–water partition coefficient (Wildman–Crippen LogP) is 9.11. The molecule has 0 fully saturated rings. The first-order valence-electron chi connectivity index (χ1n) is 13.2. The molecule has 0 unspecified atom stereocenters. The summed E-state index contributed by atoms with van der Waals surface area (Å²) in [5, 5.41) is 4.48. The summed E-state index contributed by atoms with van der Waals surface area (Å²) in [5.41, 5.74) is 9.38. The molecule has 3 nitrogen and oxygen atoms in total. The Balaban J connectivity index is 1.19. The van der Waals surface area contributed by atoms with Gasteiger partial charge in [-0.25, -0.2) is 0 Å². The summed E-state index contributed by atoms with van der Waals surface area (Å²) in [7, 11) is 0. The Morgan fingerprint density at radius 3 is 2.53 bits per heavy atom. The number of allylic oxidation sites excluding steroid dienone is 2. The van der Waals surface area contributed by atoms with E-state index in [0.717, 1.165) is 29.0 Å². The van der Waals surface area contributed by atoms with Crippen molar-refractivity contribution in [2.75, 3.05) is 5.32 Å². The maximum atomic E-state index is 6.30. The van der Waals surface area contributed by atoms with Crippen molar-refractivity contribution >= 4 is 29.2 Å². The van der Waals surface area contributed by atoms with E-state index in [2.05, 4.69) is 98.0 Å². The van der Waals surface area contributed by atoms with Crippen LogP contribution in [0.25, 0.3) is 0 Å². The number of nitrogens with one attached hydrogen (secondary N) is 1. The van der Waals surface area contributed by atoms with Crippen LogP contribution in [0.5, 0.6) is 5.75 Å². The lowest BCUT2D eigenvalue weighted by atomic mass is 9.76. The molecule has 38 heavy (non-hydrogen) atoms. The topological polar surface area (TPSA) is 33.6 Å². The molecule has 0 radical (unpaired) electrons. The first-order chi connectivity index (χ1) is 18.5. The fourth-order valence-corrected chi connectivity index (χ4v) is 5.73. The normalized spacial score (nSPS) is 19.7. The van der Waals surface area contributed by atoms with Crippen molar-refractivity contribution in [2.24, 2.45) is 10.9 Å². The number of hydrogen-bond donors (Lipinski definition) is 1. The molecule has 0 saturated carbocycles. The van der Waals surface area contributed by atoms with E-state index >= 15 is 0 Å². The molecule has 0 spiro atoms. The van der Waals surface area contributed by atoms with Gasteiger partial charge in [0.1, 0.15) is 12.4 Å². The third-order valence-corrected chi connectivity index (χ3v) is 7.85. The molecule has 1 aliphatic heterocycles. The molecule has 0 amide bonds. The Morgan fingerprint density at radius 1 is 0.921 bits per heavy atom. The number of benzene rings is 4. The van der Waals surface area contributed by atoms with E-state index in [9.17, 15) is 0 Å². The number of halogens is 1. The smallest absolute Gasteiger partial charge is 0.128 e. The second-order valence-corrected chi connectivity index (χ2v) is 10.8. The summed E-state index contributed by atoms with van der Waals surface area (Å²) in [5.74, 6) is 1.75. The Kier molecular flexibility index (Phi) is 6.78. The van der Waals surface area contributed by atoms with Crippen molar-refractivity contribution in [3.63, 3.8) is 0 Å². The highest BCUT2D eigenvalue weighted by Gasteiger charge is 2.37. The van der Waals surface area contributed by atoms with Gasteiger partial charge in [-0.2, -0.15) is 0 Å². The fraction of sp³-hybridized carbons (Fsp3) is 0.206. The molecular weight excluding hydrogens is 488 g/mol. The van der Waals surface area contributed by atoms with Crippen LogP contribution in [0, 0.1) is 19.8 Å². The quantitative estimate of drug-likeness (QED) is 0.204. The maximum absolute atomic E-state index is 6.30. The molecule has 2 aliphatic rings. The van der Waals surface area contributed by atoms with E-state index < -0.39 is 0 Å². The van der Waals surface area contributed by atoms with E-state index in [1.54, 1.807) is 0 Å². The molecule has 1 heterocycles. The van der Waals surface area contributed by atoms with Gasteiger partial charge in [0.2, 0.25) is 0 Å². The van der Waals surface area contributed by atoms with Crippen molar-refractivity contribution in [2.45, 2.75) is 38.8 Å². The summed E-state index contributed by atoms with van der Waals surface area (Å²) in [6.07, 6.45) is 7.65. The summed E-state index contributed by atoms with van der Waals surface area (Å²) in [6.45, 7) is 4.74. The molecule has 190 valence electrons. The van der Waals surface area contributed by atoms with Crippen molar-refractivity contribution in [1.82, 2.24) is 0 Å². The highest BCUT2D eigenvalue weighted by Crippen LogP contribution is 2.50. The van der Waals surface area contributed by atoms with Crippen LogP contribution in [-0.4, -0.2) is 6.21 Å². The lowest BCUT2D eigenvalue weighted by Gasteiger charge is -2.37. The number of aryl methyl sites for hydroxylation is 2. The number of anilines is 1. The average Bonchev–Trinajstić information content (AvgIpc) is 3.43. The molecule has 1 N–H and O–H groups in total. The third-order valence-electron chi connectivity index (χ3n) is 7.61. The van der Waals surface area contributed by atoms with Gasteiger partial charge in [-0.3, -0.25) is 4.99 Å². The Bertz CT molecular complexity index is 1510. The second kappa shape index (κ2) is 10.5. The van der Waals surface area contributed by atoms with Gasteiger partial charge in [-0.15, -0.1) is 0 Å². The number of ether oxygens (including phenoxy) is 1. The van der Waals surface area contributed by atoms with Gasteiger partial charge in [0.25, 0.3) is 0 Å². The standard InChI is InChI=1S/C34H31ClN2O/c1-22-6-9-24(10-7-22)21-38-33-17-13-27(35)19-26(33)20-36-28-14-11-25(12-15-28)34-30-5-3-4-29(30)31-18-23(2)8-16-32(31)37-34/h3-4,6-20,29-30,34,37H,5,21H2,1-2H3/t29-,30+,34+/m1/s1. The van der Waals surface area contributed by atoms with E-state index in [1.807, 2.05) is 24.4 Å². The van der Waals surface area contributed by atoms with Crippen LogP contribution in [0.3, 0.4) is 0 Å². The molecule has 6 rings (SSSR count). The number of nitrogens with zero attached hydrogens (tertiary/aromatic N) is 1. The maximum Gasteiger partial charge on any atom is 0.128 e. The van der Waals surface area contributed by atoms with E-state index in [0.29, 0.717) is 23.5 Å². The van der Waals surface area contributed by atoms with Gasteiger partial charge in [-0.05, 0) is 79.3 Å². The molecule has 3 atom stereocenters. The number of fused-ring (bicyclic) bond motifs is 3. The molecule has 1 aliphatic carbocycles. The molecular formula is C34H31ClN2O. The van der Waals surface area contributed by atoms with Gasteiger partial charge in [-0.1, -0.05) is 83.4 Å². The minimum atomic E-state index is 0.276. The zero-order chi connectivity index (χ0) is 26.1. The van der Waals surface area contributed by atoms with Crippen LogP contribution in [0.2, 0.25) is 5.02 Å². The Hall–Kier alpha value is -3.82.